The van der Waals surface area contributed by atoms with Gasteiger partial charge in [0.05, 0.1) is 18.3 Å². The van der Waals surface area contributed by atoms with Crippen molar-refractivity contribution in [2.45, 2.75) is 83.0 Å². The van der Waals surface area contributed by atoms with E-state index in [-0.39, 0.29) is 12.0 Å². The predicted molar refractivity (Wildman–Crippen MR) is 135 cm³/mol. The Bertz CT molecular complexity index is 1010. The maximum absolute atomic E-state index is 12.3. The molecule has 5 heterocycles. The second-order valence-electron chi connectivity index (χ2n) is 10.1. The van der Waals surface area contributed by atoms with Gasteiger partial charge in [-0.1, -0.05) is 6.42 Å². The number of ether oxygens (including phenoxy) is 1. The van der Waals surface area contributed by atoms with Crippen LogP contribution in [0.5, 0.6) is 0 Å². The Labute approximate surface area is 207 Å². The first kappa shape index (κ1) is 24.0. The number of fused-ring (bicyclic) bond motifs is 2. The lowest BCUT2D eigenvalue weighted by Gasteiger charge is -2.50. The molecule has 3 aliphatic rings. The van der Waals surface area contributed by atoms with Crippen LogP contribution in [0.15, 0.2) is 12.1 Å². The molecule has 0 saturated carbocycles. The SMILES string of the molecule is CCNC(=O)CN1[C@@H]2CCC[C@H]1C[C@H](N(C)c1nc(Nc3cc(C)[nH]n3)cc(C3CCCO3)n1)C2. The molecular formula is C25H38N8O2. The van der Waals surface area contributed by atoms with Crippen LogP contribution < -0.4 is 15.5 Å². The molecule has 0 aliphatic carbocycles. The number of aromatic amines is 1. The zero-order valence-corrected chi connectivity index (χ0v) is 21.1. The molecule has 2 aromatic heterocycles. The number of hydrogen-bond donors (Lipinski definition) is 3. The number of carbonyl (C=O) groups excluding carboxylic acids is 1. The molecule has 190 valence electrons. The number of aryl methyl sites for hydroxylation is 1. The predicted octanol–water partition coefficient (Wildman–Crippen LogP) is 3.06. The van der Waals surface area contributed by atoms with Gasteiger partial charge in [-0.2, -0.15) is 10.1 Å². The molecule has 3 saturated heterocycles. The molecule has 35 heavy (non-hydrogen) atoms. The zero-order valence-electron chi connectivity index (χ0n) is 21.1. The first-order chi connectivity index (χ1) is 17.0. The molecule has 0 spiro atoms. The molecule has 0 radical (unpaired) electrons. The van der Waals surface area contributed by atoms with Crippen molar-refractivity contribution >= 4 is 23.5 Å². The highest BCUT2D eigenvalue weighted by atomic mass is 16.5. The van der Waals surface area contributed by atoms with E-state index in [1.54, 1.807) is 0 Å². The van der Waals surface area contributed by atoms with Crippen molar-refractivity contribution in [1.82, 2.24) is 30.4 Å². The van der Waals surface area contributed by atoms with Crippen molar-refractivity contribution in [2.24, 2.45) is 0 Å². The average molecular weight is 483 g/mol. The number of anilines is 3. The second kappa shape index (κ2) is 10.5. The summed E-state index contributed by atoms with van der Waals surface area (Å²) in [4.78, 5) is 26.9. The summed E-state index contributed by atoms with van der Waals surface area (Å²) in [6, 6.07) is 5.12. The van der Waals surface area contributed by atoms with E-state index in [9.17, 15) is 4.79 Å². The molecule has 1 unspecified atom stereocenters. The molecule has 1 amide bonds. The maximum Gasteiger partial charge on any atom is 0.234 e. The van der Waals surface area contributed by atoms with E-state index in [0.717, 1.165) is 68.2 Å². The minimum Gasteiger partial charge on any atom is -0.372 e. The van der Waals surface area contributed by atoms with E-state index in [1.807, 2.05) is 26.0 Å². The van der Waals surface area contributed by atoms with Gasteiger partial charge in [0.1, 0.15) is 5.82 Å². The van der Waals surface area contributed by atoms with Gasteiger partial charge in [-0.05, 0) is 52.4 Å². The summed E-state index contributed by atoms with van der Waals surface area (Å²) in [6.45, 7) is 5.90. The van der Waals surface area contributed by atoms with Gasteiger partial charge in [-0.25, -0.2) is 4.98 Å². The highest BCUT2D eigenvalue weighted by Crippen LogP contribution is 2.37. The summed E-state index contributed by atoms with van der Waals surface area (Å²) >= 11 is 0. The fourth-order valence-electron chi connectivity index (χ4n) is 5.87. The third-order valence-corrected chi connectivity index (χ3v) is 7.62. The molecule has 3 N–H and O–H groups in total. The van der Waals surface area contributed by atoms with Crippen LogP contribution in [0.3, 0.4) is 0 Å². The lowest BCUT2D eigenvalue weighted by Crippen LogP contribution is -2.58. The van der Waals surface area contributed by atoms with Crippen molar-refractivity contribution in [3.05, 3.63) is 23.5 Å². The third kappa shape index (κ3) is 5.43. The second-order valence-corrected chi connectivity index (χ2v) is 10.1. The van der Waals surface area contributed by atoms with E-state index >= 15 is 0 Å². The molecular weight excluding hydrogens is 444 g/mol. The number of aromatic nitrogens is 4. The fraction of sp³-hybridized carbons (Fsp3) is 0.680. The lowest BCUT2D eigenvalue weighted by atomic mass is 9.81. The maximum atomic E-state index is 12.3. The van der Waals surface area contributed by atoms with Gasteiger partial charge < -0.3 is 20.3 Å². The average Bonchev–Trinajstić information content (AvgIpc) is 3.50. The number of nitrogens with one attached hydrogen (secondary N) is 3. The standard InChI is InChI=1S/C25H38N8O2/c1-4-26-24(34)15-33-17-7-5-8-18(33)13-19(12-17)32(3)25-27-20(21-9-6-10-35-21)14-22(29-25)28-23-11-16(2)30-31-23/h11,14,17-19,21H,4-10,12-13,15H2,1-3H3,(H,26,34)(H2,27,28,29,30,31)/t17-,18+,19-,21?. The molecule has 2 bridgehead atoms. The van der Waals surface area contributed by atoms with Gasteiger partial charge in [-0.3, -0.25) is 14.8 Å². The lowest BCUT2D eigenvalue weighted by molar-refractivity contribution is -0.125. The van der Waals surface area contributed by atoms with Crippen LogP contribution in [0.25, 0.3) is 0 Å². The molecule has 4 atom stereocenters. The fourth-order valence-corrected chi connectivity index (χ4v) is 5.87. The first-order valence-electron chi connectivity index (χ1n) is 13.0. The van der Waals surface area contributed by atoms with E-state index < -0.39 is 0 Å². The van der Waals surface area contributed by atoms with E-state index in [1.165, 1.54) is 6.42 Å². The number of carbonyl (C=O) groups is 1. The number of hydrogen-bond acceptors (Lipinski definition) is 8. The van der Waals surface area contributed by atoms with Gasteiger partial charge in [0.25, 0.3) is 0 Å². The summed E-state index contributed by atoms with van der Waals surface area (Å²) in [6.07, 6.45) is 7.58. The quantitative estimate of drug-likeness (QED) is 0.526. The van der Waals surface area contributed by atoms with Gasteiger partial charge >= 0.3 is 0 Å². The number of nitrogens with zero attached hydrogens (tertiary/aromatic N) is 5. The molecule has 3 aliphatic heterocycles. The van der Waals surface area contributed by atoms with Gasteiger partial charge in [-0.15, -0.1) is 0 Å². The van der Waals surface area contributed by atoms with Crippen LogP contribution in [0, 0.1) is 6.92 Å². The van der Waals surface area contributed by atoms with Crippen molar-refractivity contribution in [3.63, 3.8) is 0 Å². The van der Waals surface area contributed by atoms with Gasteiger partial charge in [0.2, 0.25) is 11.9 Å². The first-order valence-corrected chi connectivity index (χ1v) is 13.0. The summed E-state index contributed by atoms with van der Waals surface area (Å²) < 4.78 is 5.96. The Kier molecular flexibility index (Phi) is 7.19. The summed E-state index contributed by atoms with van der Waals surface area (Å²) in [5.74, 6) is 2.31. The highest BCUT2D eigenvalue weighted by molar-refractivity contribution is 5.78. The van der Waals surface area contributed by atoms with E-state index in [4.69, 9.17) is 14.7 Å². The normalized spacial score (nSPS) is 26.5. The molecule has 0 aromatic carbocycles. The number of amides is 1. The van der Waals surface area contributed by atoms with Gasteiger partial charge in [0.15, 0.2) is 5.82 Å². The molecule has 10 heteroatoms. The summed E-state index contributed by atoms with van der Waals surface area (Å²) in [7, 11) is 2.11. The molecule has 10 nitrogen and oxygen atoms in total. The Morgan fingerprint density at radius 3 is 2.63 bits per heavy atom. The summed E-state index contributed by atoms with van der Waals surface area (Å²) in [5, 5.41) is 13.6. The number of piperidine rings is 2. The largest absolute Gasteiger partial charge is 0.372 e. The molecule has 5 rings (SSSR count). The van der Waals surface area contributed by atoms with Crippen molar-refractivity contribution in [2.75, 3.05) is 37.0 Å². The third-order valence-electron chi connectivity index (χ3n) is 7.62. The van der Waals surface area contributed by atoms with E-state index in [2.05, 4.69) is 37.7 Å². The van der Waals surface area contributed by atoms with Crippen LogP contribution in [0.4, 0.5) is 17.6 Å². The molecule has 2 aromatic rings. The van der Waals surface area contributed by atoms with E-state index in [0.29, 0.717) is 37.2 Å². The Hall–Kier alpha value is -2.72. The minimum absolute atomic E-state index is 0.00456. The van der Waals surface area contributed by atoms with Crippen LogP contribution >= 0.6 is 0 Å². The monoisotopic (exact) mass is 482 g/mol. The number of rotatable bonds is 8. The Balaban J connectivity index is 1.36. The van der Waals surface area contributed by atoms with Crippen molar-refractivity contribution in [1.29, 1.82) is 0 Å². The Morgan fingerprint density at radius 1 is 1.17 bits per heavy atom. The highest BCUT2D eigenvalue weighted by Gasteiger charge is 2.40. The van der Waals surface area contributed by atoms with Crippen LogP contribution in [-0.2, 0) is 9.53 Å². The Morgan fingerprint density at radius 2 is 1.97 bits per heavy atom. The summed E-state index contributed by atoms with van der Waals surface area (Å²) in [5.41, 5.74) is 1.91. The minimum atomic E-state index is 0.00456. The molecule has 3 fully saturated rings. The van der Waals surface area contributed by atoms with Crippen LogP contribution in [0.2, 0.25) is 0 Å². The number of H-pyrrole nitrogens is 1. The van der Waals surface area contributed by atoms with Crippen molar-refractivity contribution < 1.29 is 9.53 Å². The van der Waals surface area contributed by atoms with Crippen molar-refractivity contribution in [3.8, 4) is 0 Å². The van der Waals surface area contributed by atoms with Gasteiger partial charge in [0, 0.05) is 56.2 Å². The number of likely N-dealkylation sites (N-methyl/N-ethyl adjacent to an activating group) is 1. The smallest absolute Gasteiger partial charge is 0.234 e. The topological polar surface area (TPSA) is 111 Å². The van der Waals surface area contributed by atoms with Crippen LogP contribution in [-0.4, -0.2) is 75.8 Å². The zero-order chi connectivity index (χ0) is 24.4. The van der Waals surface area contributed by atoms with Crippen LogP contribution in [0.1, 0.15) is 69.4 Å².